The average molecular weight is 221 g/mol. The van der Waals surface area contributed by atoms with Gasteiger partial charge in [0.2, 0.25) is 0 Å². The summed E-state index contributed by atoms with van der Waals surface area (Å²) in [5.41, 5.74) is 1.50. The third-order valence-electron chi connectivity index (χ3n) is 3.48. The largest absolute Gasteiger partial charge is 0.298 e. The summed E-state index contributed by atoms with van der Waals surface area (Å²) in [4.78, 5) is 6.66. The van der Waals surface area contributed by atoms with Crippen molar-refractivity contribution in [1.29, 1.82) is 0 Å². The van der Waals surface area contributed by atoms with Crippen LogP contribution in [0.1, 0.15) is 12.0 Å². The number of halogens is 1. The van der Waals surface area contributed by atoms with Crippen LogP contribution < -0.4 is 0 Å². The van der Waals surface area contributed by atoms with Crippen molar-refractivity contribution in [3.8, 4) is 0 Å². The van der Waals surface area contributed by atoms with Crippen LogP contribution in [0.3, 0.4) is 0 Å². The Kier molecular flexibility index (Phi) is 2.08. The molecule has 0 amide bonds. The van der Waals surface area contributed by atoms with E-state index in [1.165, 1.54) is 18.5 Å². The van der Waals surface area contributed by atoms with Gasteiger partial charge in [0, 0.05) is 24.7 Å². The Morgan fingerprint density at radius 2 is 2.33 bits per heavy atom. The first-order valence-electron chi connectivity index (χ1n) is 5.31. The molecule has 1 saturated heterocycles. The molecule has 78 valence electrons. The number of hydrogen-bond donors (Lipinski definition) is 0. The van der Waals surface area contributed by atoms with Gasteiger partial charge in [-0.3, -0.25) is 4.90 Å². The summed E-state index contributed by atoms with van der Waals surface area (Å²) in [5.74, 6) is 0. The summed E-state index contributed by atoms with van der Waals surface area (Å²) < 4.78 is 0. The summed E-state index contributed by atoms with van der Waals surface area (Å²) >= 11 is 5.81. The summed E-state index contributed by atoms with van der Waals surface area (Å²) in [7, 11) is 0. The Balaban J connectivity index is 2.02. The normalized spacial score (nSPS) is 33.3. The topological polar surface area (TPSA) is 16.1 Å². The van der Waals surface area contributed by atoms with Crippen molar-refractivity contribution >= 4 is 11.6 Å². The van der Waals surface area contributed by atoms with Crippen molar-refractivity contribution in [2.24, 2.45) is 0 Å². The standard InChI is InChI=1S/C12H13ClN2/c13-11-3-2-10(8-14-11)12-4-1-6-15(9-12)7-5-12/h1-4,8H,5-7,9H2. The third-order valence-corrected chi connectivity index (χ3v) is 3.71. The molecule has 3 heterocycles. The molecule has 2 atom stereocenters. The molecule has 0 N–H and O–H groups in total. The van der Waals surface area contributed by atoms with Crippen LogP contribution in [0.4, 0.5) is 0 Å². The van der Waals surface area contributed by atoms with E-state index in [0.717, 1.165) is 13.1 Å². The summed E-state index contributed by atoms with van der Waals surface area (Å²) in [6.07, 6.45) is 7.74. The molecule has 0 radical (unpaired) electrons. The lowest BCUT2D eigenvalue weighted by Gasteiger charge is -2.29. The highest BCUT2D eigenvalue weighted by Crippen LogP contribution is 2.38. The van der Waals surface area contributed by atoms with Crippen LogP contribution in [-0.4, -0.2) is 29.5 Å². The van der Waals surface area contributed by atoms with Gasteiger partial charge >= 0.3 is 0 Å². The molecule has 0 spiro atoms. The maximum atomic E-state index is 5.81. The molecule has 2 unspecified atom stereocenters. The fourth-order valence-electron chi connectivity index (χ4n) is 2.64. The molecule has 1 aromatic heterocycles. The molecule has 0 aromatic carbocycles. The SMILES string of the molecule is Clc1ccc(C23C=CCN(CC2)C3)cn1. The lowest BCUT2D eigenvalue weighted by Crippen LogP contribution is -2.33. The zero-order chi connectivity index (χ0) is 10.3. The predicted octanol–water partition coefficient (Wildman–Crippen LogP) is 2.25. The van der Waals surface area contributed by atoms with Crippen LogP contribution in [0.5, 0.6) is 0 Å². The predicted molar refractivity (Wildman–Crippen MR) is 61.1 cm³/mol. The number of pyridine rings is 1. The molecule has 2 aliphatic heterocycles. The van der Waals surface area contributed by atoms with Crippen LogP contribution in [0, 0.1) is 0 Å². The zero-order valence-corrected chi connectivity index (χ0v) is 9.24. The highest BCUT2D eigenvalue weighted by atomic mass is 35.5. The van der Waals surface area contributed by atoms with E-state index in [1.807, 2.05) is 12.3 Å². The van der Waals surface area contributed by atoms with Crippen molar-refractivity contribution in [2.45, 2.75) is 11.8 Å². The number of rotatable bonds is 1. The zero-order valence-electron chi connectivity index (χ0n) is 8.49. The first-order chi connectivity index (χ1) is 7.28. The van der Waals surface area contributed by atoms with E-state index in [-0.39, 0.29) is 5.41 Å². The van der Waals surface area contributed by atoms with Crippen molar-refractivity contribution in [3.63, 3.8) is 0 Å². The van der Waals surface area contributed by atoms with E-state index >= 15 is 0 Å². The van der Waals surface area contributed by atoms with E-state index in [1.54, 1.807) is 0 Å². The molecular formula is C12H13ClN2. The number of hydrogen-bond acceptors (Lipinski definition) is 2. The van der Waals surface area contributed by atoms with Gasteiger partial charge in [0.25, 0.3) is 0 Å². The molecule has 15 heavy (non-hydrogen) atoms. The van der Waals surface area contributed by atoms with Gasteiger partial charge in [-0.25, -0.2) is 4.98 Å². The Bertz CT molecular complexity index is 399. The smallest absolute Gasteiger partial charge is 0.129 e. The van der Waals surface area contributed by atoms with Crippen molar-refractivity contribution in [3.05, 3.63) is 41.2 Å². The van der Waals surface area contributed by atoms with Crippen molar-refractivity contribution in [1.82, 2.24) is 9.88 Å². The Morgan fingerprint density at radius 1 is 1.40 bits per heavy atom. The lowest BCUT2D eigenvalue weighted by atomic mass is 9.79. The summed E-state index contributed by atoms with van der Waals surface area (Å²) in [5, 5.41) is 0.574. The number of nitrogens with zero attached hydrogens (tertiary/aromatic N) is 2. The van der Waals surface area contributed by atoms with Crippen LogP contribution in [0.15, 0.2) is 30.5 Å². The van der Waals surface area contributed by atoms with E-state index in [0.29, 0.717) is 5.15 Å². The van der Waals surface area contributed by atoms with Gasteiger partial charge in [-0.15, -0.1) is 0 Å². The van der Waals surface area contributed by atoms with Gasteiger partial charge in [-0.2, -0.15) is 0 Å². The second-order valence-electron chi connectivity index (χ2n) is 4.41. The Hall–Kier alpha value is -0.860. The minimum atomic E-state index is 0.204. The number of aromatic nitrogens is 1. The third kappa shape index (κ3) is 1.48. The summed E-state index contributed by atoms with van der Waals surface area (Å²) in [6.45, 7) is 3.42. The van der Waals surface area contributed by atoms with Gasteiger partial charge in [0.1, 0.15) is 5.15 Å². The molecule has 1 fully saturated rings. The van der Waals surface area contributed by atoms with Crippen LogP contribution in [0.25, 0.3) is 0 Å². The molecule has 2 aliphatic rings. The average Bonchev–Trinajstić information content (AvgIpc) is 2.56. The van der Waals surface area contributed by atoms with Crippen molar-refractivity contribution in [2.75, 3.05) is 19.6 Å². The second kappa shape index (κ2) is 3.32. The van der Waals surface area contributed by atoms with Gasteiger partial charge < -0.3 is 0 Å². The fraction of sp³-hybridized carbons (Fsp3) is 0.417. The molecular weight excluding hydrogens is 208 g/mol. The molecule has 0 aliphatic carbocycles. The van der Waals surface area contributed by atoms with E-state index in [4.69, 9.17) is 11.6 Å². The lowest BCUT2D eigenvalue weighted by molar-refractivity contribution is 0.345. The highest BCUT2D eigenvalue weighted by Gasteiger charge is 2.39. The molecule has 2 nitrogen and oxygen atoms in total. The molecule has 1 aromatic rings. The molecule has 2 bridgehead atoms. The fourth-order valence-corrected chi connectivity index (χ4v) is 2.75. The quantitative estimate of drug-likeness (QED) is 0.533. The monoisotopic (exact) mass is 220 g/mol. The minimum Gasteiger partial charge on any atom is -0.298 e. The second-order valence-corrected chi connectivity index (χ2v) is 4.80. The first kappa shape index (κ1) is 9.37. The van der Waals surface area contributed by atoms with Crippen LogP contribution >= 0.6 is 11.6 Å². The minimum absolute atomic E-state index is 0.204. The highest BCUT2D eigenvalue weighted by molar-refractivity contribution is 6.29. The van der Waals surface area contributed by atoms with Gasteiger partial charge in [-0.1, -0.05) is 29.8 Å². The van der Waals surface area contributed by atoms with Gasteiger partial charge in [0.15, 0.2) is 0 Å². The van der Waals surface area contributed by atoms with E-state index in [2.05, 4.69) is 28.1 Å². The van der Waals surface area contributed by atoms with Gasteiger partial charge in [-0.05, 0) is 24.6 Å². The first-order valence-corrected chi connectivity index (χ1v) is 5.68. The molecule has 0 saturated carbocycles. The van der Waals surface area contributed by atoms with Gasteiger partial charge in [0.05, 0.1) is 0 Å². The van der Waals surface area contributed by atoms with Crippen molar-refractivity contribution < 1.29 is 0 Å². The molecule has 3 rings (SSSR count). The van der Waals surface area contributed by atoms with Crippen LogP contribution in [-0.2, 0) is 5.41 Å². The van der Waals surface area contributed by atoms with E-state index < -0.39 is 0 Å². The maximum Gasteiger partial charge on any atom is 0.129 e. The Morgan fingerprint density at radius 3 is 3.13 bits per heavy atom. The summed E-state index contributed by atoms with van der Waals surface area (Å²) in [6, 6.07) is 3.99. The molecule has 3 heteroatoms. The number of fused-ring (bicyclic) bond motifs is 2. The van der Waals surface area contributed by atoms with Crippen LogP contribution in [0.2, 0.25) is 5.15 Å². The van der Waals surface area contributed by atoms with E-state index in [9.17, 15) is 0 Å². The Labute approximate surface area is 94.6 Å². The maximum absolute atomic E-state index is 5.81.